The van der Waals surface area contributed by atoms with Crippen LogP contribution in [0.15, 0.2) is 24.7 Å². The lowest BCUT2D eigenvalue weighted by Gasteiger charge is -2.07. The molecule has 0 saturated carbocycles. The Balaban J connectivity index is 3.49. The highest BCUT2D eigenvalue weighted by Crippen LogP contribution is 2.10. The molecule has 0 fully saturated rings. The second-order valence-electron chi connectivity index (χ2n) is 2.06. The summed E-state index contributed by atoms with van der Waals surface area (Å²) in [5.41, 5.74) is 0. The fraction of sp³-hybridized carbons (Fsp3) is 0.500. The zero-order valence-corrected chi connectivity index (χ0v) is 7.92. The minimum absolute atomic E-state index is 0.521. The molecule has 0 amide bonds. The van der Waals surface area contributed by atoms with Crippen LogP contribution in [0.3, 0.4) is 0 Å². The van der Waals surface area contributed by atoms with Gasteiger partial charge in [-0.25, -0.2) is 0 Å². The predicted octanol–water partition coefficient (Wildman–Crippen LogP) is 3.29. The van der Waals surface area contributed by atoms with Gasteiger partial charge in [0.25, 0.3) is 0 Å². The fourth-order valence-corrected chi connectivity index (χ4v) is 0.939. The average molecular weight is 195 g/mol. The van der Waals surface area contributed by atoms with Crippen LogP contribution in [-0.2, 0) is 4.74 Å². The van der Waals surface area contributed by atoms with E-state index in [1.807, 2.05) is 0 Å². The molecule has 0 aliphatic heterocycles. The summed E-state index contributed by atoms with van der Waals surface area (Å²) in [6.45, 7) is 7.31. The molecular weight excluding hydrogens is 183 g/mol. The summed E-state index contributed by atoms with van der Waals surface area (Å²) in [5.74, 6) is 2.34. The molecule has 0 atom stereocenters. The summed E-state index contributed by atoms with van der Waals surface area (Å²) in [4.78, 5) is 0. The summed E-state index contributed by atoms with van der Waals surface area (Å²) in [6, 6.07) is 0. The molecule has 0 N–H and O–H groups in total. The van der Waals surface area contributed by atoms with E-state index in [0.717, 1.165) is 0 Å². The Bertz CT molecular complexity index is 127. The molecule has 0 spiro atoms. The Morgan fingerprint density at radius 3 is 1.64 bits per heavy atom. The molecule has 0 aliphatic carbocycles. The zero-order valence-electron chi connectivity index (χ0n) is 6.41. The van der Waals surface area contributed by atoms with Crippen LogP contribution >= 0.6 is 23.2 Å². The van der Waals surface area contributed by atoms with Gasteiger partial charge in [0.15, 0.2) is 0 Å². The van der Waals surface area contributed by atoms with Crippen LogP contribution in [0.25, 0.3) is 0 Å². The largest absolute Gasteiger partial charge is 0.467 e. The van der Waals surface area contributed by atoms with Crippen LogP contribution in [-0.4, -0.2) is 11.8 Å². The van der Waals surface area contributed by atoms with Crippen molar-refractivity contribution in [1.82, 2.24) is 0 Å². The molecule has 0 bridgehead atoms. The van der Waals surface area contributed by atoms with Crippen molar-refractivity contribution in [2.75, 3.05) is 11.8 Å². The summed E-state index contributed by atoms with van der Waals surface area (Å²) < 4.78 is 5.17. The van der Waals surface area contributed by atoms with Gasteiger partial charge in [-0.15, -0.1) is 23.2 Å². The maximum absolute atomic E-state index is 5.46. The van der Waals surface area contributed by atoms with E-state index in [1.165, 1.54) is 0 Å². The molecule has 0 aliphatic rings. The first-order valence-electron chi connectivity index (χ1n) is 3.36. The van der Waals surface area contributed by atoms with Crippen molar-refractivity contribution < 1.29 is 4.74 Å². The van der Waals surface area contributed by atoms with Crippen molar-refractivity contribution in [2.24, 2.45) is 0 Å². The van der Waals surface area contributed by atoms with Gasteiger partial charge in [0.2, 0.25) is 0 Å². The molecule has 11 heavy (non-hydrogen) atoms. The lowest BCUT2D eigenvalue weighted by molar-refractivity contribution is 0.288. The quantitative estimate of drug-likeness (QED) is 0.466. The summed E-state index contributed by atoms with van der Waals surface area (Å²) in [6.07, 6.45) is 1.31. The zero-order chi connectivity index (χ0) is 8.69. The molecule has 64 valence electrons. The van der Waals surface area contributed by atoms with Crippen LogP contribution in [0.1, 0.15) is 12.8 Å². The molecule has 0 aromatic rings. The highest BCUT2D eigenvalue weighted by Gasteiger charge is 1.97. The third-order valence-corrected chi connectivity index (χ3v) is 1.41. The van der Waals surface area contributed by atoms with Gasteiger partial charge in [-0.3, -0.25) is 0 Å². The van der Waals surface area contributed by atoms with E-state index in [9.17, 15) is 0 Å². The Kier molecular flexibility index (Phi) is 6.48. The fourth-order valence-electron chi connectivity index (χ4n) is 0.517. The predicted molar refractivity (Wildman–Crippen MR) is 50.0 cm³/mol. The van der Waals surface area contributed by atoms with Crippen molar-refractivity contribution in [3.8, 4) is 0 Å². The highest BCUT2D eigenvalue weighted by molar-refractivity contribution is 6.18. The molecule has 3 heteroatoms. The van der Waals surface area contributed by atoms with Gasteiger partial charge in [-0.2, -0.15) is 0 Å². The average Bonchev–Trinajstić information content (AvgIpc) is 1.87. The van der Waals surface area contributed by atoms with Crippen molar-refractivity contribution in [3.05, 3.63) is 24.7 Å². The van der Waals surface area contributed by atoms with Crippen LogP contribution in [0.2, 0.25) is 0 Å². The van der Waals surface area contributed by atoms with Crippen molar-refractivity contribution >= 4 is 23.2 Å². The molecule has 0 rings (SSSR count). The van der Waals surface area contributed by atoms with Gasteiger partial charge >= 0.3 is 0 Å². The number of hydrogen-bond acceptors (Lipinski definition) is 1. The highest BCUT2D eigenvalue weighted by atomic mass is 35.5. The van der Waals surface area contributed by atoms with E-state index in [4.69, 9.17) is 27.9 Å². The number of alkyl halides is 2. The molecule has 0 radical (unpaired) electrons. The first-order valence-corrected chi connectivity index (χ1v) is 4.43. The molecule has 0 aromatic carbocycles. The minimum Gasteiger partial charge on any atom is -0.467 e. The maximum Gasteiger partial charge on any atom is 0.0976 e. The maximum atomic E-state index is 5.46. The van der Waals surface area contributed by atoms with Crippen LogP contribution in [0.5, 0.6) is 0 Å². The molecule has 0 aromatic heterocycles. The molecule has 0 unspecified atom stereocenters. The van der Waals surface area contributed by atoms with Crippen LogP contribution in [0, 0.1) is 0 Å². The van der Waals surface area contributed by atoms with Crippen molar-refractivity contribution in [1.29, 1.82) is 0 Å². The van der Waals surface area contributed by atoms with Crippen LogP contribution in [0.4, 0.5) is 0 Å². The van der Waals surface area contributed by atoms with Gasteiger partial charge in [0.1, 0.15) is 0 Å². The third kappa shape index (κ3) is 6.27. The van der Waals surface area contributed by atoms with E-state index in [1.54, 1.807) is 0 Å². The number of rotatable bonds is 6. The lowest BCUT2D eigenvalue weighted by Crippen LogP contribution is -1.92. The number of halogens is 2. The first-order chi connectivity index (χ1) is 5.20. The van der Waals surface area contributed by atoms with E-state index in [2.05, 4.69) is 13.2 Å². The van der Waals surface area contributed by atoms with Crippen molar-refractivity contribution in [3.63, 3.8) is 0 Å². The van der Waals surface area contributed by atoms with Crippen molar-refractivity contribution in [2.45, 2.75) is 12.8 Å². The second kappa shape index (κ2) is 6.56. The summed E-state index contributed by atoms with van der Waals surface area (Å²) >= 11 is 10.9. The molecule has 1 nitrogen and oxygen atoms in total. The Morgan fingerprint density at radius 1 is 1.00 bits per heavy atom. The van der Waals surface area contributed by atoms with Gasteiger partial charge in [-0.05, 0) is 0 Å². The summed E-state index contributed by atoms with van der Waals surface area (Å²) in [7, 11) is 0. The van der Waals surface area contributed by atoms with Gasteiger partial charge in [0.05, 0.1) is 11.5 Å². The smallest absolute Gasteiger partial charge is 0.0976 e. The Hall–Kier alpha value is -0.140. The normalized spacial score (nSPS) is 9.27. The minimum atomic E-state index is 0.521. The number of ether oxygens (including phenoxy) is 1. The second-order valence-corrected chi connectivity index (χ2v) is 2.81. The molecule has 0 saturated heterocycles. The molecular formula is C8H12Cl2O. The number of hydrogen-bond donors (Lipinski definition) is 0. The third-order valence-electron chi connectivity index (χ3n) is 1.04. The van der Waals surface area contributed by atoms with E-state index in [0.29, 0.717) is 36.1 Å². The summed E-state index contributed by atoms with van der Waals surface area (Å²) in [5, 5.41) is 0. The Morgan fingerprint density at radius 2 is 1.36 bits per heavy atom. The van der Waals surface area contributed by atoms with E-state index < -0.39 is 0 Å². The molecule has 0 heterocycles. The van der Waals surface area contributed by atoms with Gasteiger partial charge < -0.3 is 4.74 Å². The Labute approximate surface area is 77.6 Å². The number of allylic oxidation sites excluding steroid dienone is 2. The van der Waals surface area contributed by atoms with Gasteiger partial charge in [-0.1, -0.05) is 13.2 Å². The van der Waals surface area contributed by atoms with Gasteiger partial charge in [0, 0.05) is 24.6 Å². The standard InChI is InChI=1S/C8H12Cl2O/c1-7(3-5-9)11-8(2)4-6-10/h1-6H2. The first kappa shape index (κ1) is 10.9. The monoisotopic (exact) mass is 194 g/mol. The SMILES string of the molecule is C=C(CCCl)OC(=C)CCCl. The van der Waals surface area contributed by atoms with Crippen LogP contribution < -0.4 is 0 Å². The lowest BCUT2D eigenvalue weighted by atomic mass is 10.4. The topological polar surface area (TPSA) is 9.23 Å². The van der Waals surface area contributed by atoms with E-state index >= 15 is 0 Å². The van der Waals surface area contributed by atoms with E-state index in [-0.39, 0.29) is 0 Å².